The van der Waals surface area contributed by atoms with Crippen molar-refractivity contribution in [2.24, 2.45) is 17.3 Å². The molecule has 1 aliphatic carbocycles. The number of piperidine rings is 1. The summed E-state index contributed by atoms with van der Waals surface area (Å²) in [6.45, 7) is 13.6. The molecule has 12 heteroatoms. The molecule has 0 bridgehead atoms. The summed E-state index contributed by atoms with van der Waals surface area (Å²) in [6.07, 6.45) is 3.50. The maximum atomic E-state index is 14.0. The van der Waals surface area contributed by atoms with Crippen LogP contribution >= 0.6 is 0 Å². The molecule has 0 aromatic heterocycles. The summed E-state index contributed by atoms with van der Waals surface area (Å²) in [5.41, 5.74) is -0.957. The van der Waals surface area contributed by atoms with E-state index in [9.17, 15) is 28.8 Å². The highest BCUT2D eigenvalue weighted by Crippen LogP contribution is 2.65. The van der Waals surface area contributed by atoms with Crippen molar-refractivity contribution < 1.29 is 33.5 Å². The molecular formula is C30H47N5O7. The van der Waals surface area contributed by atoms with Gasteiger partial charge in [-0.2, -0.15) is 0 Å². The molecule has 5 atom stereocenters. The minimum Gasteiger partial charge on any atom is -0.444 e. The van der Waals surface area contributed by atoms with Crippen LogP contribution in [-0.4, -0.2) is 83.8 Å². The van der Waals surface area contributed by atoms with Gasteiger partial charge in [-0.15, -0.1) is 6.58 Å². The van der Waals surface area contributed by atoms with Crippen LogP contribution in [0.25, 0.3) is 0 Å². The molecule has 3 fully saturated rings. The lowest BCUT2D eigenvalue weighted by Gasteiger charge is -2.34. The van der Waals surface area contributed by atoms with Gasteiger partial charge in [-0.3, -0.25) is 24.0 Å². The zero-order valence-electron chi connectivity index (χ0n) is 25.5. The van der Waals surface area contributed by atoms with E-state index in [-0.39, 0.29) is 49.0 Å². The number of nitrogens with one attached hydrogen (secondary N) is 4. The second-order valence-corrected chi connectivity index (χ2v) is 13.1. The van der Waals surface area contributed by atoms with E-state index in [0.29, 0.717) is 38.8 Å². The second kappa shape index (κ2) is 13.7. The maximum Gasteiger partial charge on any atom is 0.408 e. The molecule has 2 aliphatic heterocycles. The van der Waals surface area contributed by atoms with E-state index in [2.05, 4.69) is 27.8 Å². The lowest BCUT2D eigenvalue weighted by atomic mass is 9.97. The van der Waals surface area contributed by atoms with Gasteiger partial charge in [-0.1, -0.05) is 26.3 Å². The van der Waals surface area contributed by atoms with Crippen LogP contribution in [-0.2, 0) is 28.7 Å². The Hall–Kier alpha value is -3.44. The predicted octanol–water partition coefficient (Wildman–Crippen LogP) is 1.58. The number of ether oxygens (including phenoxy) is 1. The SMILES string of the molecule is C=CCNC(=O)C(=O)[C@@H]1CCCCNC(=O)CCCC[C@H](NC(=O)OC(C)(C)C)C(=O)N2C[C@H]3[C@@H]([C@H]2C(=O)N1)C3(C)C. The van der Waals surface area contributed by atoms with Gasteiger partial charge < -0.3 is 30.9 Å². The highest BCUT2D eigenvalue weighted by Gasteiger charge is 2.69. The number of ketones is 1. The standard InChI is InChI=1S/C30H47N5O7/c1-7-15-32-26(39)24(37)19-12-10-11-16-31-21(36)14-9-8-13-20(34-28(41)42-29(2,3)4)27(40)35-17-18-22(30(18,5)6)23(35)25(38)33-19/h7,18-20,22-23H,1,8-17H2,2-6H3,(H,31,36)(H,32,39)(H,33,38)(H,34,41)/t18-,19-,20-,22-,23-/m0/s1. The quantitative estimate of drug-likeness (QED) is 0.279. The lowest BCUT2D eigenvalue weighted by molar-refractivity contribution is -0.144. The van der Waals surface area contributed by atoms with Crippen LogP contribution in [0, 0.1) is 17.3 Å². The van der Waals surface area contributed by atoms with Crippen LogP contribution in [0.15, 0.2) is 12.7 Å². The largest absolute Gasteiger partial charge is 0.444 e. The van der Waals surface area contributed by atoms with Crippen molar-refractivity contribution >= 4 is 35.5 Å². The summed E-state index contributed by atoms with van der Waals surface area (Å²) >= 11 is 0. The number of fused-ring (bicyclic) bond motifs is 3. The Labute approximate surface area is 248 Å². The minimum absolute atomic E-state index is 0.0821. The minimum atomic E-state index is -1.10. The lowest BCUT2D eigenvalue weighted by Crippen LogP contribution is -2.58. The third-order valence-electron chi connectivity index (χ3n) is 8.40. The first-order valence-corrected chi connectivity index (χ1v) is 15.0. The molecule has 4 N–H and O–H groups in total. The van der Waals surface area contributed by atoms with Gasteiger partial charge in [-0.05, 0) is 70.1 Å². The van der Waals surface area contributed by atoms with Gasteiger partial charge in [0.25, 0.3) is 5.91 Å². The average Bonchev–Trinajstić information content (AvgIpc) is 3.22. The van der Waals surface area contributed by atoms with Crippen LogP contribution < -0.4 is 21.3 Å². The van der Waals surface area contributed by atoms with Gasteiger partial charge in [0.1, 0.15) is 17.7 Å². The maximum absolute atomic E-state index is 14.0. The van der Waals surface area contributed by atoms with E-state index >= 15 is 0 Å². The molecule has 0 aromatic carbocycles. The first-order valence-electron chi connectivity index (χ1n) is 15.0. The van der Waals surface area contributed by atoms with Crippen molar-refractivity contribution in [1.29, 1.82) is 0 Å². The Kier molecular flexibility index (Phi) is 10.8. The van der Waals surface area contributed by atoms with Crippen molar-refractivity contribution in [2.45, 2.75) is 103 Å². The normalized spacial score (nSPS) is 28.6. The summed E-state index contributed by atoms with van der Waals surface area (Å²) in [4.78, 5) is 79.9. The van der Waals surface area contributed by atoms with Gasteiger partial charge in [0, 0.05) is 26.1 Å². The van der Waals surface area contributed by atoms with Crippen molar-refractivity contribution in [2.75, 3.05) is 19.6 Å². The summed E-state index contributed by atoms with van der Waals surface area (Å²) in [7, 11) is 0. The van der Waals surface area contributed by atoms with Crippen molar-refractivity contribution in [3.63, 3.8) is 0 Å². The fourth-order valence-corrected chi connectivity index (χ4v) is 6.08. The van der Waals surface area contributed by atoms with E-state index in [1.807, 2.05) is 13.8 Å². The van der Waals surface area contributed by atoms with Crippen LogP contribution in [0.5, 0.6) is 0 Å². The van der Waals surface area contributed by atoms with Gasteiger partial charge in [-0.25, -0.2) is 4.79 Å². The number of alkyl carbamates (subject to hydrolysis) is 1. The molecule has 234 valence electrons. The number of hydrogen-bond acceptors (Lipinski definition) is 7. The molecule has 12 nitrogen and oxygen atoms in total. The molecule has 0 unspecified atom stereocenters. The Morgan fingerprint density at radius 3 is 2.45 bits per heavy atom. The molecule has 2 heterocycles. The summed E-state index contributed by atoms with van der Waals surface area (Å²) in [5, 5.41) is 10.8. The number of carbonyl (C=O) groups excluding carboxylic acids is 6. The number of hydrogen-bond donors (Lipinski definition) is 4. The topological polar surface area (TPSA) is 163 Å². The third kappa shape index (κ3) is 8.32. The smallest absolute Gasteiger partial charge is 0.408 e. The van der Waals surface area contributed by atoms with Gasteiger partial charge in [0.05, 0.1) is 6.04 Å². The molecule has 3 aliphatic rings. The van der Waals surface area contributed by atoms with E-state index in [1.165, 1.54) is 11.0 Å². The Morgan fingerprint density at radius 1 is 1.10 bits per heavy atom. The van der Waals surface area contributed by atoms with E-state index in [0.717, 1.165) is 0 Å². The summed E-state index contributed by atoms with van der Waals surface area (Å²) < 4.78 is 5.40. The Balaban J connectivity index is 1.89. The number of amides is 5. The molecular weight excluding hydrogens is 542 g/mol. The third-order valence-corrected chi connectivity index (χ3v) is 8.40. The molecule has 0 radical (unpaired) electrons. The number of Topliss-reactive ketones (excluding diaryl/α,β-unsaturated/α-hetero) is 1. The molecule has 0 aromatic rings. The van der Waals surface area contributed by atoms with Crippen LogP contribution in [0.3, 0.4) is 0 Å². The Bertz CT molecular complexity index is 1080. The number of rotatable bonds is 5. The number of carbonyl (C=O) groups is 6. The molecule has 3 rings (SSSR count). The van der Waals surface area contributed by atoms with E-state index < -0.39 is 53.3 Å². The van der Waals surface area contributed by atoms with Gasteiger partial charge in [0.2, 0.25) is 23.5 Å². The highest BCUT2D eigenvalue weighted by molar-refractivity contribution is 6.38. The first kappa shape index (κ1) is 33.1. The highest BCUT2D eigenvalue weighted by atomic mass is 16.6. The number of nitrogens with zero attached hydrogens (tertiary/aromatic N) is 1. The van der Waals surface area contributed by atoms with Crippen LogP contribution in [0.1, 0.15) is 79.6 Å². The molecule has 1 saturated carbocycles. The molecule has 2 saturated heterocycles. The fraction of sp³-hybridized carbons (Fsp3) is 0.733. The van der Waals surface area contributed by atoms with Crippen LogP contribution in [0.4, 0.5) is 4.79 Å². The van der Waals surface area contributed by atoms with Crippen molar-refractivity contribution in [3.8, 4) is 0 Å². The zero-order valence-corrected chi connectivity index (χ0v) is 25.5. The van der Waals surface area contributed by atoms with Crippen LogP contribution in [0.2, 0.25) is 0 Å². The zero-order chi connectivity index (χ0) is 31.2. The Morgan fingerprint density at radius 2 is 1.79 bits per heavy atom. The second-order valence-electron chi connectivity index (χ2n) is 13.1. The van der Waals surface area contributed by atoms with E-state index in [1.54, 1.807) is 20.8 Å². The van der Waals surface area contributed by atoms with Crippen molar-refractivity contribution in [1.82, 2.24) is 26.2 Å². The predicted molar refractivity (Wildman–Crippen MR) is 155 cm³/mol. The molecule has 0 spiro atoms. The average molecular weight is 590 g/mol. The van der Waals surface area contributed by atoms with Gasteiger partial charge >= 0.3 is 6.09 Å². The summed E-state index contributed by atoms with van der Waals surface area (Å²) in [5.74, 6) is -2.69. The van der Waals surface area contributed by atoms with Crippen molar-refractivity contribution in [3.05, 3.63) is 12.7 Å². The molecule has 42 heavy (non-hydrogen) atoms. The molecule has 5 amide bonds. The van der Waals surface area contributed by atoms with Gasteiger partial charge in [0.15, 0.2) is 0 Å². The fourth-order valence-electron chi connectivity index (χ4n) is 6.08. The van der Waals surface area contributed by atoms with E-state index in [4.69, 9.17) is 4.74 Å². The summed E-state index contributed by atoms with van der Waals surface area (Å²) in [6, 6.07) is -2.91. The monoisotopic (exact) mass is 589 g/mol. The first-order chi connectivity index (χ1) is 19.7.